The molecule has 4 nitrogen and oxygen atoms in total. The minimum absolute atomic E-state index is 0.0494. The van der Waals surface area contributed by atoms with E-state index in [1.165, 1.54) is 7.11 Å². The monoisotopic (exact) mass is 235 g/mol. The summed E-state index contributed by atoms with van der Waals surface area (Å²) in [6.07, 6.45) is -3.83. The van der Waals surface area contributed by atoms with Crippen LogP contribution in [0.4, 0.5) is 13.2 Å². The van der Waals surface area contributed by atoms with Gasteiger partial charge in [-0.25, -0.2) is 9.78 Å². The Balaban J connectivity index is 3.33. The molecule has 1 aromatic rings. The number of methoxy groups -OCH3 is 2. The lowest BCUT2D eigenvalue weighted by molar-refractivity contribution is -0.141. The van der Waals surface area contributed by atoms with Crippen LogP contribution in [0.1, 0.15) is 16.1 Å². The maximum absolute atomic E-state index is 12.5. The van der Waals surface area contributed by atoms with Gasteiger partial charge in [0.25, 0.3) is 0 Å². The van der Waals surface area contributed by atoms with Gasteiger partial charge in [0.2, 0.25) is 0 Å². The fourth-order valence-electron chi connectivity index (χ4n) is 1.05. The molecule has 0 saturated heterocycles. The maximum atomic E-state index is 12.5. The van der Waals surface area contributed by atoms with Crippen LogP contribution in [0.15, 0.2) is 12.3 Å². The van der Waals surface area contributed by atoms with Gasteiger partial charge in [-0.1, -0.05) is 0 Å². The molecular weight excluding hydrogens is 227 g/mol. The molecule has 16 heavy (non-hydrogen) atoms. The summed E-state index contributed by atoms with van der Waals surface area (Å²) in [4.78, 5) is 14.3. The Hall–Kier alpha value is -1.79. The highest BCUT2D eigenvalue weighted by Crippen LogP contribution is 2.32. The molecule has 1 heterocycles. The van der Waals surface area contributed by atoms with E-state index >= 15 is 0 Å². The Morgan fingerprint density at radius 3 is 2.44 bits per heavy atom. The first kappa shape index (κ1) is 12.3. The number of pyridine rings is 1. The Labute approximate surface area is 89.0 Å². The van der Waals surface area contributed by atoms with E-state index in [2.05, 4.69) is 14.5 Å². The minimum atomic E-state index is -4.71. The van der Waals surface area contributed by atoms with E-state index in [0.717, 1.165) is 19.4 Å². The maximum Gasteiger partial charge on any atom is 0.434 e. The van der Waals surface area contributed by atoms with Gasteiger partial charge in [0.15, 0.2) is 5.69 Å². The first-order valence-corrected chi connectivity index (χ1v) is 4.09. The van der Waals surface area contributed by atoms with Crippen molar-refractivity contribution >= 4 is 5.97 Å². The zero-order valence-electron chi connectivity index (χ0n) is 8.46. The van der Waals surface area contributed by atoms with Crippen LogP contribution in [0.5, 0.6) is 5.75 Å². The molecule has 0 aromatic carbocycles. The standard InChI is InChI=1S/C9H8F3NO3/c1-15-5-3-6(8(14)16-2)7(13-4-5)9(10,11)12/h3-4H,1-2H3. The molecule has 1 aromatic heterocycles. The van der Waals surface area contributed by atoms with Crippen LogP contribution < -0.4 is 4.74 Å². The number of rotatable bonds is 2. The Bertz CT molecular complexity index is 403. The molecule has 0 aliphatic rings. The van der Waals surface area contributed by atoms with E-state index in [4.69, 9.17) is 0 Å². The van der Waals surface area contributed by atoms with Crippen LogP contribution in [0.3, 0.4) is 0 Å². The summed E-state index contributed by atoms with van der Waals surface area (Å²) < 4.78 is 46.3. The summed E-state index contributed by atoms with van der Waals surface area (Å²) in [5.74, 6) is -1.06. The molecule has 0 radical (unpaired) electrons. The first-order valence-electron chi connectivity index (χ1n) is 4.09. The summed E-state index contributed by atoms with van der Waals surface area (Å²) in [6.45, 7) is 0. The van der Waals surface area contributed by atoms with Crippen molar-refractivity contribution < 1.29 is 27.4 Å². The second-order valence-corrected chi connectivity index (χ2v) is 2.76. The zero-order valence-corrected chi connectivity index (χ0v) is 8.46. The molecule has 0 fully saturated rings. The highest BCUT2D eigenvalue weighted by atomic mass is 19.4. The molecule has 1 rings (SSSR count). The Kier molecular flexibility index (Phi) is 3.36. The number of esters is 1. The smallest absolute Gasteiger partial charge is 0.434 e. The van der Waals surface area contributed by atoms with Gasteiger partial charge in [0.1, 0.15) is 5.75 Å². The van der Waals surface area contributed by atoms with E-state index in [1.54, 1.807) is 0 Å². The number of hydrogen-bond acceptors (Lipinski definition) is 4. The number of nitrogens with zero attached hydrogens (tertiary/aromatic N) is 1. The molecule has 0 saturated carbocycles. The number of carbonyl (C=O) groups excluding carboxylic acids is 1. The van der Waals surface area contributed by atoms with Crippen LogP contribution in [-0.4, -0.2) is 25.2 Å². The second-order valence-electron chi connectivity index (χ2n) is 2.76. The molecule has 7 heteroatoms. The lowest BCUT2D eigenvalue weighted by atomic mass is 10.2. The third kappa shape index (κ3) is 2.41. The van der Waals surface area contributed by atoms with Crippen molar-refractivity contribution in [1.29, 1.82) is 0 Å². The van der Waals surface area contributed by atoms with Crippen LogP contribution in [0, 0.1) is 0 Å². The quantitative estimate of drug-likeness (QED) is 0.734. The Morgan fingerprint density at radius 2 is 2.00 bits per heavy atom. The highest BCUT2D eigenvalue weighted by Gasteiger charge is 2.37. The van der Waals surface area contributed by atoms with E-state index < -0.39 is 23.4 Å². The van der Waals surface area contributed by atoms with Gasteiger partial charge in [0, 0.05) is 0 Å². The summed E-state index contributed by atoms with van der Waals surface area (Å²) >= 11 is 0. The zero-order chi connectivity index (χ0) is 12.3. The predicted molar refractivity (Wildman–Crippen MR) is 47.1 cm³/mol. The van der Waals surface area contributed by atoms with Crippen molar-refractivity contribution in [2.45, 2.75) is 6.18 Å². The van der Waals surface area contributed by atoms with E-state index in [1.807, 2.05) is 0 Å². The topological polar surface area (TPSA) is 48.4 Å². The van der Waals surface area contributed by atoms with Crippen molar-refractivity contribution in [2.24, 2.45) is 0 Å². The highest BCUT2D eigenvalue weighted by molar-refractivity contribution is 5.91. The van der Waals surface area contributed by atoms with Gasteiger partial charge in [-0.3, -0.25) is 0 Å². The van der Waals surface area contributed by atoms with Crippen molar-refractivity contribution in [3.8, 4) is 5.75 Å². The van der Waals surface area contributed by atoms with Crippen molar-refractivity contribution in [2.75, 3.05) is 14.2 Å². The molecule has 0 amide bonds. The molecule has 0 spiro atoms. The molecule has 88 valence electrons. The lowest BCUT2D eigenvalue weighted by Crippen LogP contribution is -2.16. The van der Waals surface area contributed by atoms with Gasteiger partial charge in [-0.15, -0.1) is 0 Å². The number of halogens is 3. The number of alkyl halides is 3. The van der Waals surface area contributed by atoms with Crippen molar-refractivity contribution in [1.82, 2.24) is 4.98 Å². The van der Waals surface area contributed by atoms with E-state index in [9.17, 15) is 18.0 Å². The van der Waals surface area contributed by atoms with E-state index in [0.29, 0.717) is 0 Å². The van der Waals surface area contributed by atoms with E-state index in [-0.39, 0.29) is 5.75 Å². The third-order valence-corrected chi connectivity index (χ3v) is 1.77. The average Bonchev–Trinajstić information content (AvgIpc) is 2.25. The van der Waals surface area contributed by atoms with Gasteiger partial charge < -0.3 is 9.47 Å². The van der Waals surface area contributed by atoms with Gasteiger partial charge in [-0.2, -0.15) is 13.2 Å². The lowest BCUT2D eigenvalue weighted by Gasteiger charge is -2.11. The molecule has 0 unspecified atom stereocenters. The molecular formula is C9H8F3NO3. The van der Waals surface area contributed by atoms with Crippen molar-refractivity contribution in [3.05, 3.63) is 23.5 Å². The van der Waals surface area contributed by atoms with Gasteiger partial charge >= 0.3 is 12.1 Å². The van der Waals surface area contributed by atoms with Crippen LogP contribution in [-0.2, 0) is 10.9 Å². The number of hydrogen-bond donors (Lipinski definition) is 0. The summed E-state index contributed by atoms with van der Waals surface area (Å²) in [5.41, 5.74) is -1.96. The molecule has 0 atom stereocenters. The Morgan fingerprint density at radius 1 is 1.38 bits per heavy atom. The van der Waals surface area contributed by atoms with Crippen LogP contribution in [0.2, 0.25) is 0 Å². The number of carbonyl (C=O) groups is 1. The fraction of sp³-hybridized carbons (Fsp3) is 0.333. The summed E-state index contributed by atoms with van der Waals surface area (Å²) in [5, 5.41) is 0. The normalized spacial score (nSPS) is 11.1. The number of ether oxygens (including phenoxy) is 2. The second kappa shape index (κ2) is 4.38. The molecule has 0 aliphatic heterocycles. The summed E-state index contributed by atoms with van der Waals surface area (Å²) in [7, 11) is 2.24. The molecule has 0 N–H and O–H groups in total. The molecule has 0 bridgehead atoms. The van der Waals surface area contributed by atoms with Gasteiger partial charge in [-0.05, 0) is 6.07 Å². The molecule has 0 aliphatic carbocycles. The minimum Gasteiger partial charge on any atom is -0.495 e. The number of aromatic nitrogens is 1. The van der Waals surface area contributed by atoms with Gasteiger partial charge in [0.05, 0.1) is 26.0 Å². The average molecular weight is 235 g/mol. The summed E-state index contributed by atoms with van der Waals surface area (Å²) in [6, 6.07) is 0.932. The van der Waals surface area contributed by atoms with Crippen LogP contribution in [0.25, 0.3) is 0 Å². The third-order valence-electron chi connectivity index (χ3n) is 1.77. The largest absolute Gasteiger partial charge is 0.495 e. The van der Waals surface area contributed by atoms with Crippen LogP contribution >= 0.6 is 0 Å². The van der Waals surface area contributed by atoms with Crippen molar-refractivity contribution in [3.63, 3.8) is 0 Å². The predicted octanol–water partition coefficient (Wildman–Crippen LogP) is 1.90. The SMILES string of the molecule is COC(=O)c1cc(OC)cnc1C(F)(F)F. The first-order chi connectivity index (χ1) is 7.40. The fourth-order valence-corrected chi connectivity index (χ4v) is 1.05.